The van der Waals surface area contributed by atoms with Gasteiger partial charge in [-0.15, -0.1) is 11.3 Å². The molecular weight excluding hydrogens is 274 g/mol. The molecule has 7 heteroatoms. The average molecular weight is 291 g/mol. The zero-order chi connectivity index (χ0) is 14.7. The van der Waals surface area contributed by atoms with E-state index in [9.17, 15) is 4.79 Å². The molecule has 2 heterocycles. The number of rotatable bonds is 4. The van der Waals surface area contributed by atoms with Crippen molar-refractivity contribution in [1.29, 1.82) is 0 Å². The molecule has 106 valence electrons. The SMILES string of the molecule is CC(=O)Nc1nc(C)nc(NC(C)c2sccc2C)n1. The van der Waals surface area contributed by atoms with E-state index >= 15 is 0 Å². The van der Waals surface area contributed by atoms with Crippen molar-refractivity contribution in [2.24, 2.45) is 0 Å². The molecular formula is C13H17N5OS. The molecule has 1 unspecified atom stereocenters. The number of aromatic nitrogens is 3. The van der Waals surface area contributed by atoms with Crippen molar-refractivity contribution < 1.29 is 4.79 Å². The third-order valence-electron chi connectivity index (χ3n) is 2.68. The van der Waals surface area contributed by atoms with Crippen molar-refractivity contribution in [3.8, 4) is 0 Å². The first-order chi connectivity index (χ1) is 9.45. The topological polar surface area (TPSA) is 79.8 Å². The molecule has 2 aromatic heterocycles. The van der Waals surface area contributed by atoms with E-state index in [1.165, 1.54) is 17.4 Å². The van der Waals surface area contributed by atoms with Crippen LogP contribution in [0.25, 0.3) is 0 Å². The lowest BCUT2D eigenvalue weighted by Gasteiger charge is -2.14. The first-order valence-corrected chi connectivity index (χ1v) is 7.14. The standard InChI is InChI=1S/C13H17N5OS/c1-7-5-6-20-11(7)8(2)14-12-15-9(3)16-13(18-12)17-10(4)19/h5-6,8H,1-4H3,(H2,14,15,16,17,18,19). The molecule has 0 saturated heterocycles. The van der Waals surface area contributed by atoms with Gasteiger partial charge in [0.2, 0.25) is 17.8 Å². The lowest BCUT2D eigenvalue weighted by atomic mass is 10.2. The maximum atomic E-state index is 11.1. The molecule has 0 bridgehead atoms. The van der Waals surface area contributed by atoms with Gasteiger partial charge in [-0.2, -0.15) is 15.0 Å². The number of carbonyl (C=O) groups excluding carboxylic acids is 1. The van der Waals surface area contributed by atoms with Crippen LogP contribution in [0.1, 0.15) is 36.2 Å². The number of hydrogen-bond acceptors (Lipinski definition) is 6. The van der Waals surface area contributed by atoms with E-state index in [-0.39, 0.29) is 17.9 Å². The second-order valence-corrected chi connectivity index (χ2v) is 5.49. The summed E-state index contributed by atoms with van der Waals surface area (Å²) >= 11 is 1.69. The normalized spacial score (nSPS) is 12.0. The summed E-state index contributed by atoms with van der Waals surface area (Å²) in [5.41, 5.74) is 1.24. The first kappa shape index (κ1) is 14.4. The predicted molar refractivity (Wildman–Crippen MR) is 80.0 cm³/mol. The fourth-order valence-corrected chi connectivity index (χ4v) is 2.78. The molecule has 6 nitrogen and oxygen atoms in total. The van der Waals surface area contributed by atoms with Gasteiger partial charge in [-0.05, 0) is 37.8 Å². The fourth-order valence-electron chi connectivity index (χ4n) is 1.85. The molecule has 1 amide bonds. The summed E-state index contributed by atoms with van der Waals surface area (Å²) in [6.45, 7) is 7.31. The van der Waals surface area contributed by atoms with Crippen molar-refractivity contribution in [1.82, 2.24) is 15.0 Å². The Morgan fingerprint density at radius 1 is 1.25 bits per heavy atom. The van der Waals surface area contributed by atoms with Crippen LogP contribution in [-0.2, 0) is 4.79 Å². The van der Waals surface area contributed by atoms with Crippen molar-refractivity contribution in [3.63, 3.8) is 0 Å². The van der Waals surface area contributed by atoms with Crippen LogP contribution >= 0.6 is 11.3 Å². The van der Waals surface area contributed by atoms with Crippen LogP contribution in [0.4, 0.5) is 11.9 Å². The number of aryl methyl sites for hydroxylation is 2. The molecule has 1 atom stereocenters. The van der Waals surface area contributed by atoms with Gasteiger partial charge >= 0.3 is 0 Å². The van der Waals surface area contributed by atoms with Gasteiger partial charge in [-0.25, -0.2) is 0 Å². The number of thiophene rings is 1. The number of carbonyl (C=O) groups is 1. The highest BCUT2D eigenvalue weighted by molar-refractivity contribution is 7.10. The average Bonchev–Trinajstić information content (AvgIpc) is 2.73. The molecule has 0 fully saturated rings. The summed E-state index contributed by atoms with van der Waals surface area (Å²) < 4.78 is 0. The summed E-state index contributed by atoms with van der Waals surface area (Å²) in [5, 5.41) is 7.86. The monoisotopic (exact) mass is 291 g/mol. The minimum atomic E-state index is -0.205. The van der Waals surface area contributed by atoms with Gasteiger partial charge in [0.1, 0.15) is 5.82 Å². The van der Waals surface area contributed by atoms with Gasteiger partial charge in [0.05, 0.1) is 6.04 Å². The highest BCUT2D eigenvalue weighted by Gasteiger charge is 2.12. The van der Waals surface area contributed by atoms with E-state index in [0.717, 1.165) is 0 Å². The fraction of sp³-hybridized carbons (Fsp3) is 0.385. The third kappa shape index (κ3) is 3.51. The zero-order valence-electron chi connectivity index (χ0n) is 11.9. The Balaban J connectivity index is 2.18. The highest BCUT2D eigenvalue weighted by Crippen LogP contribution is 2.25. The van der Waals surface area contributed by atoms with Crippen LogP contribution in [0, 0.1) is 13.8 Å². The predicted octanol–water partition coefficient (Wildman–Crippen LogP) is 2.68. The molecule has 0 spiro atoms. The first-order valence-electron chi connectivity index (χ1n) is 6.26. The van der Waals surface area contributed by atoms with E-state index in [0.29, 0.717) is 11.8 Å². The van der Waals surface area contributed by atoms with Gasteiger partial charge < -0.3 is 5.32 Å². The summed E-state index contributed by atoms with van der Waals surface area (Å²) in [6.07, 6.45) is 0. The van der Waals surface area contributed by atoms with Gasteiger partial charge in [0, 0.05) is 11.8 Å². The number of hydrogen-bond donors (Lipinski definition) is 2. The Hall–Kier alpha value is -2.02. The quantitative estimate of drug-likeness (QED) is 0.905. The maximum absolute atomic E-state index is 11.1. The van der Waals surface area contributed by atoms with Crippen LogP contribution in [0.3, 0.4) is 0 Å². The highest BCUT2D eigenvalue weighted by atomic mass is 32.1. The van der Waals surface area contributed by atoms with Crippen LogP contribution in [0.2, 0.25) is 0 Å². The van der Waals surface area contributed by atoms with Crippen LogP contribution in [0.15, 0.2) is 11.4 Å². The van der Waals surface area contributed by atoms with E-state index < -0.39 is 0 Å². The Kier molecular flexibility index (Phi) is 4.29. The summed E-state index contributed by atoms with van der Waals surface area (Å²) in [7, 11) is 0. The molecule has 0 radical (unpaired) electrons. The second kappa shape index (κ2) is 5.96. The van der Waals surface area contributed by atoms with Gasteiger partial charge in [-0.3, -0.25) is 10.1 Å². The van der Waals surface area contributed by atoms with E-state index in [4.69, 9.17) is 0 Å². The molecule has 2 aromatic rings. The van der Waals surface area contributed by atoms with Gasteiger partial charge in [0.15, 0.2) is 0 Å². The number of anilines is 2. The Morgan fingerprint density at radius 3 is 2.55 bits per heavy atom. The third-order valence-corrected chi connectivity index (χ3v) is 3.88. The number of amides is 1. The van der Waals surface area contributed by atoms with Crippen molar-refractivity contribution in [3.05, 3.63) is 27.7 Å². The summed E-state index contributed by atoms with van der Waals surface area (Å²) in [5.74, 6) is 1.08. The largest absolute Gasteiger partial charge is 0.347 e. The number of nitrogens with one attached hydrogen (secondary N) is 2. The summed E-state index contributed by atoms with van der Waals surface area (Å²) in [4.78, 5) is 24.8. The molecule has 0 aromatic carbocycles. The van der Waals surface area contributed by atoms with Crippen molar-refractivity contribution in [2.45, 2.75) is 33.7 Å². The lowest BCUT2D eigenvalue weighted by molar-refractivity contribution is -0.114. The Bertz CT molecular complexity index is 625. The van der Waals surface area contributed by atoms with Gasteiger partial charge in [-0.1, -0.05) is 0 Å². The second-order valence-electron chi connectivity index (χ2n) is 4.54. The van der Waals surface area contributed by atoms with E-state index in [1.807, 2.05) is 0 Å². The van der Waals surface area contributed by atoms with Crippen molar-refractivity contribution in [2.75, 3.05) is 10.6 Å². The Morgan fingerprint density at radius 2 is 1.95 bits per heavy atom. The number of nitrogens with zero attached hydrogens (tertiary/aromatic N) is 3. The minimum absolute atomic E-state index is 0.0991. The lowest BCUT2D eigenvalue weighted by Crippen LogP contribution is -2.14. The zero-order valence-corrected chi connectivity index (χ0v) is 12.7. The minimum Gasteiger partial charge on any atom is -0.347 e. The van der Waals surface area contributed by atoms with Gasteiger partial charge in [0.25, 0.3) is 0 Å². The van der Waals surface area contributed by atoms with E-state index in [1.54, 1.807) is 18.3 Å². The van der Waals surface area contributed by atoms with Crippen LogP contribution in [0.5, 0.6) is 0 Å². The smallest absolute Gasteiger partial charge is 0.234 e. The van der Waals surface area contributed by atoms with Crippen LogP contribution < -0.4 is 10.6 Å². The van der Waals surface area contributed by atoms with Crippen LogP contribution in [-0.4, -0.2) is 20.9 Å². The molecule has 2 rings (SSSR count). The van der Waals surface area contributed by atoms with Crippen molar-refractivity contribution >= 4 is 29.1 Å². The molecule has 2 N–H and O–H groups in total. The molecule has 0 aliphatic heterocycles. The molecule has 0 aliphatic rings. The Labute approximate surface area is 121 Å². The summed E-state index contributed by atoms with van der Waals surface area (Å²) in [6, 6.07) is 2.18. The molecule has 20 heavy (non-hydrogen) atoms. The molecule has 0 saturated carbocycles. The molecule has 0 aliphatic carbocycles. The maximum Gasteiger partial charge on any atom is 0.234 e. The van der Waals surface area contributed by atoms with E-state index in [2.05, 4.69) is 50.9 Å².